The van der Waals surface area contributed by atoms with Crippen molar-refractivity contribution in [3.63, 3.8) is 0 Å². The van der Waals surface area contributed by atoms with Crippen LogP contribution in [0.4, 0.5) is 11.6 Å². The molecule has 0 fully saturated rings. The lowest BCUT2D eigenvalue weighted by Crippen LogP contribution is -2.11. The van der Waals surface area contributed by atoms with Crippen molar-refractivity contribution < 1.29 is 0 Å². The topological polar surface area (TPSA) is 69.7 Å². The Labute approximate surface area is 145 Å². The van der Waals surface area contributed by atoms with Crippen molar-refractivity contribution in [3.05, 3.63) is 53.9 Å². The van der Waals surface area contributed by atoms with Crippen LogP contribution in [0, 0.1) is 6.92 Å². The number of nitrogens with zero attached hydrogens (tertiary/aromatic N) is 4. The van der Waals surface area contributed by atoms with Gasteiger partial charge >= 0.3 is 0 Å². The summed E-state index contributed by atoms with van der Waals surface area (Å²) < 4.78 is 0. The first kappa shape index (κ1) is 15.5. The molecule has 0 saturated carbocycles. The number of hydrogen-bond acceptors (Lipinski definition) is 5. The number of aromatic amines is 1. The monoisotopic (exact) mass is 332 g/mol. The highest BCUT2D eigenvalue weighted by atomic mass is 15.2. The highest BCUT2D eigenvalue weighted by molar-refractivity contribution is 5.86. The van der Waals surface area contributed by atoms with E-state index < -0.39 is 0 Å². The fraction of sp³-hybridized carbons (Fsp3) is 0.211. The summed E-state index contributed by atoms with van der Waals surface area (Å²) in [7, 11) is 4.09. The van der Waals surface area contributed by atoms with E-state index in [1.165, 1.54) is 0 Å². The van der Waals surface area contributed by atoms with Gasteiger partial charge in [-0.2, -0.15) is 5.10 Å². The van der Waals surface area contributed by atoms with Crippen molar-refractivity contribution >= 4 is 33.4 Å². The minimum Gasteiger partial charge on any atom is -0.324 e. The standard InChI is InChI=1S/C19H20N6/c1-12-5-4-6-13-10-20-19(22-18(12)13)21-14-7-8-15-16(9-14)23-24-17(15)11-25(2)3/h4-10H,11H2,1-3H3,(H,23,24)(H,20,21,22). The molecule has 0 saturated heterocycles. The molecule has 2 N–H and O–H groups in total. The third-order valence-electron chi connectivity index (χ3n) is 4.18. The van der Waals surface area contributed by atoms with Crippen molar-refractivity contribution in [2.75, 3.05) is 19.4 Å². The Hall–Kier alpha value is -2.99. The van der Waals surface area contributed by atoms with Gasteiger partial charge in [-0.25, -0.2) is 9.97 Å². The first-order chi connectivity index (χ1) is 12.1. The lowest BCUT2D eigenvalue weighted by molar-refractivity contribution is 0.398. The number of fused-ring (bicyclic) bond motifs is 2. The highest BCUT2D eigenvalue weighted by Crippen LogP contribution is 2.23. The molecule has 4 rings (SSSR count). The minimum absolute atomic E-state index is 0.588. The van der Waals surface area contributed by atoms with E-state index in [-0.39, 0.29) is 0 Å². The van der Waals surface area contributed by atoms with E-state index in [9.17, 15) is 0 Å². The third kappa shape index (κ3) is 3.04. The molecular formula is C19H20N6. The second-order valence-corrected chi connectivity index (χ2v) is 6.50. The summed E-state index contributed by atoms with van der Waals surface area (Å²) in [5.74, 6) is 0.588. The predicted molar refractivity (Wildman–Crippen MR) is 101 cm³/mol. The molecule has 4 aromatic rings. The fourth-order valence-corrected chi connectivity index (χ4v) is 2.98. The first-order valence-electron chi connectivity index (χ1n) is 8.21. The molecule has 2 aromatic heterocycles. The van der Waals surface area contributed by atoms with Crippen LogP contribution in [-0.4, -0.2) is 39.2 Å². The summed E-state index contributed by atoms with van der Waals surface area (Å²) >= 11 is 0. The Morgan fingerprint density at radius 3 is 2.88 bits per heavy atom. The summed E-state index contributed by atoms with van der Waals surface area (Å²) in [4.78, 5) is 11.2. The molecule has 0 aliphatic heterocycles. The number of benzene rings is 2. The van der Waals surface area contributed by atoms with Gasteiger partial charge in [0.15, 0.2) is 0 Å². The molecule has 0 aliphatic rings. The minimum atomic E-state index is 0.588. The molecule has 0 spiro atoms. The van der Waals surface area contributed by atoms with E-state index >= 15 is 0 Å². The highest BCUT2D eigenvalue weighted by Gasteiger charge is 2.08. The zero-order valence-corrected chi connectivity index (χ0v) is 14.5. The van der Waals surface area contributed by atoms with Crippen LogP contribution in [0.2, 0.25) is 0 Å². The molecule has 0 radical (unpaired) electrons. The molecule has 2 aromatic carbocycles. The van der Waals surface area contributed by atoms with Gasteiger partial charge in [0.05, 0.1) is 16.7 Å². The van der Waals surface area contributed by atoms with E-state index in [1.54, 1.807) is 0 Å². The van der Waals surface area contributed by atoms with Crippen LogP contribution in [0.25, 0.3) is 21.8 Å². The van der Waals surface area contributed by atoms with Crippen molar-refractivity contribution in [2.45, 2.75) is 13.5 Å². The van der Waals surface area contributed by atoms with Gasteiger partial charge in [0, 0.05) is 29.2 Å². The number of anilines is 2. The number of rotatable bonds is 4. The Balaban J connectivity index is 1.65. The van der Waals surface area contributed by atoms with E-state index in [0.29, 0.717) is 5.95 Å². The second kappa shape index (κ2) is 6.14. The average Bonchev–Trinajstić information content (AvgIpc) is 2.97. The molecule has 0 bridgehead atoms. The smallest absolute Gasteiger partial charge is 0.227 e. The molecule has 0 unspecified atom stereocenters. The summed E-state index contributed by atoms with van der Waals surface area (Å²) in [6.07, 6.45) is 1.85. The van der Waals surface area contributed by atoms with Gasteiger partial charge in [-0.3, -0.25) is 5.10 Å². The van der Waals surface area contributed by atoms with Crippen LogP contribution >= 0.6 is 0 Å². The summed E-state index contributed by atoms with van der Waals surface area (Å²) in [5.41, 5.74) is 5.07. The lowest BCUT2D eigenvalue weighted by Gasteiger charge is -2.08. The zero-order valence-electron chi connectivity index (χ0n) is 14.5. The summed E-state index contributed by atoms with van der Waals surface area (Å²) in [6.45, 7) is 2.89. The molecule has 2 heterocycles. The Morgan fingerprint density at radius 1 is 1.16 bits per heavy atom. The maximum absolute atomic E-state index is 4.64. The number of aromatic nitrogens is 4. The summed E-state index contributed by atoms with van der Waals surface area (Å²) in [6, 6.07) is 12.2. The van der Waals surface area contributed by atoms with Crippen LogP contribution in [0.1, 0.15) is 11.3 Å². The van der Waals surface area contributed by atoms with Gasteiger partial charge < -0.3 is 10.2 Å². The van der Waals surface area contributed by atoms with Crippen molar-refractivity contribution in [1.29, 1.82) is 0 Å². The quantitative estimate of drug-likeness (QED) is 0.597. The maximum atomic E-state index is 4.64. The molecule has 126 valence electrons. The fourth-order valence-electron chi connectivity index (χ4n) is 2.98. The van der Waals surface area contributed by atoms with Gasteiger partial charge in [-0.15, -0.1) is 0 Å². The Morgan fingerprint density at radius 2 is 2.04 bits per heavy atom. The van der Waals surface area contributed by atoms with E-state index in [0.717, 1.165) is 45.3 Å². The lowest BCUT2D eigenvalue weighted by atomic mass is 10.1. The van der Waals surface area contributed by atoms with Gasteiger partial charge in [0.2, 0.25) is 5.95 Å². The number of para-hydroxylation sites is 1. The molecule has 6 heteroatoms. The van der Waals surface area contributed by atoms with Crippen molar-refractivity contribution in [3.8, 4) is 0 Å². The largest absolute Gasteiger partial charge is 0.324 e. The molecule has 0 atom stereocenters. The predicted octanol–water partition coefficient (Wildman–Crippen LogP) is 3.62. The van der Waals surface area contributed by atoms with Crippen LogP contribution in [0.3, 0.4) is 0 Å². The average molecular weight is 332 g/mol. The first-order valence-corrected chi connectivity index (χ1v) is 8.21. The van der Waals surface area contributed by atoms with Gasteiger partial charge in [0.25, 0.3) is 0 Å². The number of nitrogens with one attached hydrogen (secondary N) is 2. The molecular weight excluding hydrogens is 312 g/mol. The molecule has 6 nitrogen and oxygen atoms in total. The normalized spacial score (nSPS) is 11.5. The number of hydrogen-bond donors (Lipinski definition) is 2. The third-order valence-corrected chi connectivity index (χ3v) is 4.18. The molecule has 0 aliphatic carbocycles. The van der Waals surface area contributed by atoms with Crippen LogP contribution in [-0.2, 0) is 6.54 Å². The zero-order chi connectivity index (χ0) is 17.4. The van der Waals surface area contributed by atoms with Gasteiger partial charge in [-0.1, -0.05) is 18.2 Å². The van der Waals surface area contributed by atoms with E-state index in [2.05, 4.69) is 49.4 Å². The summed E-state index contributed by atoms with van der Waals surface area (Å²) in [5, 5.41) is 13.0. The van der Waals surface area contributed by atoms with Crippen molar-refractivity contribution in [2.24, 2.45) is 0 Å². The van der Waals surface area contributed by atoms with E-state index in [4.69, 9.17) is 0 Å². The van der Waals surface area contributed by atoms with Crippen molar-refractivity contribution in [1.82, 2.24) is 25.1 Å². The molecule has 25 heavy (non-hydrogen) atoms. The van der Waals surface area contributed by atoms with Crippen LogP contribution < -0.4 is 5.32 Å². The second-order valence-electron chi connectivity index (χ2n) is 6.50. The Kier molecular flexibility index (Phi) is 3.82. The van der Waals surface area contributed by atoms with Gasteiger partial charge in [-0.05, 0) is 44.8 Å². The van der Waals surface area contributed by atoms with Crippen LogP contribution in [0.5, 0.6) is 0 Å². The number of H-pyrrole nitrogens is 1. The van der Waals surface area contributed by atoms with E-state index in [1.807, 2.05) is 44.6 Å². The van der Waals surface area contributed by atoms with Gasteiger partial charge in [0.1, 0.15) is 0 Å². The Bertz CT molecular complexity index is 1050. The maximum Gasteiger partial charge on any atom is 0.227 e. The molecule has 0 amide bonds. The SMILES string of the molecule is Cc1cccc2cnc(Nc3ccc4c(CN(C)C)[nH]nc4c3)nc12. The van der Waals surface area contributed by atoms with Crippen LogP contribution in [0.15, 0.2) is 42.6 Å². The number of aryl methyl sites for hydroxylation is 1.